The smallest absolute Gasteiger partial charge is 0.247 e. The number of sulfonamides is 1. The summed E-state index contributed by atoms with van der Waals surface area (Å²) in [6.45, 7) is 0. The van der Waals surface area contributed by atoms with Gasteiger partial charge in [-0.15, -0.1) is 0 Å². The Balaban J connectivity index is 1.66. The molecular formula is C20H22FNO5S2. The second-order valence-electron chi connectivity index (χ2n) is 7.47. The van der Waals surface area contributed by atoms with Crippen LogP contribution in [0.25, 0.3) is 0 Å². The van der Waals surface area contributed by atoms with Crippen LogP contribution in [0, 0.1) is 5.82 Å². The Kier molecular flexibility index (Phi) is 5.16. The number of piperidine rings is 1. The first-order valence-electron chi connectivity index (χ1n) is 9.41. The van der Waals surface area contributed by atoms with Gasteiger partial charge in [0.25, 0.3) is 0 Å². The molecule has 0 aromatic heterocycles. The minimum absolute atomic E-state index is 0.0739. The van der Waals surface area contributed by atoms with E-state index in [1.807, 2.05) is 0 Å². The molecular weight excluding hydrogens is 417 g/mol. The van der Waals surface area contributed by atoms with Crippen LogP contribution >= 0.6 is 0 Å². The summed E-state index contributed by atoms with van der Waals surface area (Å²) in [6, 6.07) is 10.8. The van der Waals surface area contributed by atoms with Gasteiger partial charge in [-0.1, -0.05) is 18.2 Å². The molecule has 156 valence electrons. The van der Waals surface area contributed by atoms with Crippen molar-refractivity contribution in [2.45, 2.75) is 52.8 Å². The highest BCUT2D eigenvalue weighted by Crippen LogP contribution is 2.44. The van der Waals surface area contributed by atoms with Gasteiger partial charge in [0.1, 0.15) is 16.5 Å². The summed E-state index contributed by atoms with van der Waals surface area (Å²) >= 11 is 0. The van der Waals surface area contributed by atoms with Crippen LogP contribution in [0.5, 0.6) is 5.75 Å². The maximum atomic E-state index is 13.8. The zero-order chi connectivity index (χ0) is 20.8. The number of benzene rings is 2. The highest BCUT2D eigenvalue weighted by Gasteiger charge is 2.50. The van der Waals surface area contributed by atoms with Crippen molar-refractivity contribution in [3.8, 4) is 5.75 Å². The minimum atomic E-state index is -4.02. The Morgan fingerprint density at radius 1 is 0.966 bits per heavy atom. The number of halogens is 1. The average molecular weight is 440 g/mol. The molecule has 0 radical (unpaired) electrons. The van der Waals surface area contributed by atoms with Crippen LogP contribution in [0.2, 0.25) is 0 Å². The molecule has 0 aliphatic carbocycles. The molecule has 0 saturated carbocycles. The van der Waals surface area contributed by atoms with Crippen molar-refractivity contribution in [1.82, 2.24) is 4.31 Å². The molecule has 2 aliphatic rings. The third kappa shape index (κ3) is 3.45. The number of methoxy groups -OCH3 is 1. The Morgan fingerprint density at radius 3 is 2.17 bits per heavy atom. The van der Waals surface area contributed by atoms with Crippen LogP contribution in [0.3, 0.4) is 0 Å². The van der Waals surface area contributed by atoms with Gasteiger partial charge in [0, 0.05) is 12.1 Å². The SMILES string of the molecule is COc1ccc(F)cc1S(=O)(=O)N1[C@@H]2CC[C@@H]1CC(S(=O)(=O)c1ccccc1)C2. The molecule has 2 bridgehead atoms. The molecule has 9 heteroatoms. The van der Waals surface area contributed by atoms with Crippen LogP contribution in [0.15, 0.2) is 58.3 Å². The highest BCUT2D eigenvalue weighted by molar-refractivity contribution is 7.92. The van der Waals surface area contributed by atoms with Crippen molar-refractivity contribution in [3.05, 3.63) is 54.3 Å². The fourth-order valence-electron chi connectivity index (χ4n) is 4.50. The minimum Gasteiger partial charge on any atom is -0.495 e. The zero-order valence-corrected chi connectivity index (χ0v) is 17.5. The summed E-state index contributed by atoms with van der Waals surface area (Å²) in [5.74, 6) is -0.594. The number of nitrogens with zero attached hydrogens (tertiary/aromatic N) is 1. The molecule has 2 aliphatic heterocycles. The Morgan fingerprint density at radius 2 is 1.59 bits per heavy atom. The standard InChI is InChI=1S/C20H22FNO5S2/c1-27-19-10-7-14(21)11-20(19)29(25,26)22-15-8-9-16(22)13-18(12-15)28(23,24)17-5-3-2-4-6-17/h2-7,10-11,15-16,18H,8-9,12-13H2,1H3/t15-,16-/m1/s1. The predicted molar refractivity (Wildman–Crippen MR) is 105 cm³/mol. The maximum absolute atomic E-state index is 13.8. The Bertz CT molecular complexity index is 1100. The number of ether oxygens (including phenoxy) is 1. The first-order valence-corrected chi connectivity index (χ1v) is 12.4. The van der Waals surface area contributed by atoms with Crippen LogP contribution in [-0.2, 0) is 19.9 Å². The summed E-state index contributed by atoms with van der Waals surface area (Å²) in [5.41, 5.74) is 0. The fourth-order valence-corrected chi connectivity index (χ4v) is 8.43. The number of sulfone groups is 1. The van der Waals surface area contributed by atoms with Gasteiger partial charge >= 0.3 is 0 Å². The number of fused-ring (bicyclic) bond motifs is 2. The van der Waals surface area contributed by atoms with Crippen molar-refractivity contribution >= 4 is 19.9 Å². The summed E-state index contributed by atoms with van der Waals surface area (Å²) < 4.78 is 73.0. The van der Waals surface area contributed by atoms with Crippen LogP contribution in [-0.4, -0.2) is 45.6 Å². The second kappa shape index (κ2) is 7.37. The summed E-state index contributed by atoms with van der Waals surface area (Å²) in [4.78, 5) is 0.0359. The van der Waals surface area contributed by atoms with Crippen molar-refractivity contribution in [2.24, 2.45) is 0 Å². The van der Waals surface area contributed by atoms with Gasteiger partial charge in [0.15, 0.2) is 9.84 Å². The molecule has 6 nitrogen and oxygen atoms in total. The average Bonchev–Trinajstić information content (AvgIpc) is 2.99. The van der Waals surface area contributed by atoms with Crippen LogP contribution in [0.1, 0.15) is 25.7 Å². The first-order chi connectivity index (χ1) is 13.7. The van der Waals surface area contributed by atoms with E-state index in [0.717, 1.165) is 12.1 Å². The van der Waals surface area contributed by atoms with E-state index in [1.54, 1.807) is 30.3 Å². The van der Waals surface area contributed by atoms with E-state index < -0.39 is 43.0 Å². The van der Waals surface area contributed by atoms with E-state index >= 15 is 0 Å². The van der Waals surface area contributed by atoms with E-state index in [2.05, 4.69) is 0 Å². The van der Waals surface area contributed by atoms with Crippen molar-refractivity contribution in [3.63, 3.8) is 0 Å². The quantitative estimate of drug-likeness (QED) is 0.716. The van der Waals surface area contributed by atoms with Gasteiger partial charge in [0.2, 0.25) is 10.0 Å². The first kappa shape index (κ1) is 20.3. The summed E-state index contributed by atoms with van der Waals surface area (Å²) in [5, 5.41) is -0.636. The molecule has 4 rings (SSSR count). The largest absolute Gasteiger partial charge is 0.495 e. The van der Waals surface area contributed by atoms with Gasteiger partial charge in [-0.05, 0) is 56.0 Å². The molecule has 2 aromatic rings. The van der Waals surface area contributed by atoms with Crippen LogP contribution < -0.4 is 4.74 Å². The molecule has 2 atom stereocenters. The lowest BCUT2D eigenvalue weighted by Gasteiger charge is -2.37. The Labute approximate surface area is 170 Å². The Hall–Kier alpha value is -1.97. The number of hydrogen-bond donors (Lipinski definition) is 0. The molecule has 0 N–H and O–H groups in total. The maximum Gasteiger partial charge on any atom is 0.247 e. The van der Waals surface area contributed by atoms with E-state index in [-0.39, 0.29) is 28.4 Å². The molecule has 2 saturated heterocycles. The molecule has 2 aromatic carbocycles. The third-order valence-corrected chi connectivity index (χ3v) is 10.0. The third-order valence-electron chi connectivity index (χ3n) is 5.81. The molecule has 29 heavy (non-hydrogen) atoms. The summed E-state index contributed by atoms with van der Waals surface area (Å²) in [6.07, 6.45) is 1.62. The van der Waals surface area contributed by atoms with Gasteiger partial charge in [0.05, 0.1) is 17.3 Å². The number of rotatable bonds is 5. The fraction of sp³-hybridized carbons (Fsp3) is 0.400. The normalized spacial score (nSPS) is 25.1. The molecule has 0 amide bonds. The van der Waals surface area contributed by atoms with Gasteiger partial charge in [-0.3, -0.25) is 0 Å². The van der Waals surface area contributed by atoms with Crippen molar-refractivity contribution in [2.75, 3.05) is 7.11 Å². The second-order valence-corrected chi connectivity index (χ2v) is 11.5. The van der Waals surface area contributed by atoms with Crippen molar-refractivity contribution < 1.29 is 26.0 Å². The monoisotopic (exact) mass is 439 g/mol. The lowest BCUT2D eigenvalue weighted by Crippen LogP contribution is -2.49. The molecule has 0 spiro atoms. The highest BCUT2D eigenvalue weighted by atomic mass is 32.2. The predicted octanol–water partition coefficient (Wildman–Crippen LogP) is 2.99. The summed E-state index contributed by atoms with van der Waals surface area (Å²) in [7, 11) is -6.24. The van der Waals surface area contributed by atoms with Gasteiger partial charge < -0.3 is 4.74 Å². The lowest BCUT2D eigenvalue weighted by atomic mass is 10.1. The zero-order valence-electron chi connectivity index (χ0n) is 15.9. The van der Waals surface area contributed by atoms with E-state index in [0.29, 0.717) is 12.8 Å². The van der Waals surface area contributed by atoms with Crippen molar-refractivity contribution in [1.29, 1.82) is 0 Å². The molecule has 0 unspecified atom stereocenters. The molecule has 2 fully saturated rings. The van der Waals surface area contributed by atoms with Gasteiger partial charge in [-0.2, -0.15) is 4.31 Å². The van der Waals surface area contributed by atoms with E-state index in [4.69, 9.17) is 4.74 Å². The van der Waals surface area contributed by atoms with Gasteiger partial charge in [-0.25, -0.2) is 21.2 Å². The topological polar surface area (TPSA) is 80.8 Å². The lowest BCUT2D eigenvalue weighted by molar-refractivity contribution is 0.248. The van der Waals surface area contributed by atoms with E-state index in [9.17, 15) is 21.2 Å². The van der Waals surface area contributed by atoms with Crippen LogP contribution in [0.4, 0.5) is 4.39 Å². The number of hydrogen-bond acceptors (Lipinski definition) is 5. The van der Waals surface area contributed by atoms with E-state index in [1.165, 1.54) is 17.5 Å². The molecule has 2 heterocycles.